The maximum absolute atomic E-state index is 12.7. The summed E-state index contributed by atoms with van der Waals surface area (Å²) in [7, 11) is 1.28. The summed E-state index contributed by atoms with van der Waals surface area (Å²) in [5.41, 5.74) is -1.31. The van der Waals surface area contributed by atoms with E-state index in [9.17, 15) is 14.4 Å². The second kappa shape index (κ2) is 6.59. The molecule has 0 fully saturated rings. The van der Waals surface area contributed by atoms with Gasteiger partial charge >= 0.3 is 5.97 Å². The largest absolute Gasteiger partial charge is 0.467 e. The summed E-state index contributed by atoms with van der Waals surface area (Å²) in [6.07, 6.45) is 3.00. The van der Waals surface area contributed by atoms with Gasteiger partial charge in [-0.15, -0.1) is 0 Å². The number of amides is 1. The zero-order valence-electron chi connectivity index (χ0n) is 14.5. The Morgan fingerprint density at radius 1 is 1.21 bits per heavy atom. The van der Waals surface area contributed by atoms with Gasteiger partial charge in [-0.05, 0) is 29.7 Å². The molecule has 5 nitrogen and oxygen atoms in total. The molecule has 0 bridgehead atoms. The van der Waals surface area contributed by atoms with Crippen molar-refractivity contribution in [1.29, 1.82) is 0 Å². The van der Waals surface area contributed by atoms with Gasteiger partial charge in [0.15, 0.2) is 11.3 Å². The molecule has 1 amide bonds. The topological polar surface area (TPSA) is 72.5 Å². The van der Waals surface area contributed by atoms with Gasteiger partial charge in [0, 0.05) is 17.9 Å². The SMILES string of the molecule is COC(=O)[C@]1(NC(=O)c2ccccc2)C=CC(=O)C[C@H]1C(C)(C)C. The molecule has 0 saturated heterocycles. The summed E-state index contributed by atoms with van der Waals surface area (Å²) in [5, 5.41) is 2.82. The summed E-state index contributed by atoms with van der Waals surface area (Å²) < 4.78 is 4.97. The van der Waals surface area contributed by atoms with Crippen LogP contribution in [0.2, 0.25) is 0 Å². The molecule has 2 atom stereocenters. The van der Waals surface area contributed by atoms with Crippen LogP contribution >= 0.6 is 0 Å². The minimum Gasteiger partial charge on any atom is -0.467 e. The summed E-state index contributed by atoms with van der Waals surface area (Å²) in [5.74, 6) is -1.43. The van der Waals surface area contributed by atoms with E-state index < -0.39 is 22.8 Å². The second-order valence-electron chi connectivity index (χ2n) is 7.10. The lowest BCUT2D eigenvalue weighted by atomic mass is 9.64. The molecular weight excluding hydrogens is 306 g/mol. The van der Waals surface area contributed by atoms with E-state index in [1.807, 2.05) is 26.8 Å². The number of esters is 1. The number of nitrogens with one attached hydrogen (secondary N) is 1. The van der Waals surface area contributed by atoms with E-state index in [4.69, 9.17) is 4.74 Å². The van der Waals surface area contributed by atoms with Gasteiger partial charge in [-0.1, -0.05) is 39.0 Å². The van der Waals surface area contributed by atoms with E-state index in [0.717, 1.165) is 0 Å². The van der Waals surface area contributed by atoms with E-state index in [-0.39, 0.29) is 18.1 Å². The normalized spacial score (nSPS) is 23.7. The maximum atomic E-state index is 12.7. The molecule has 1 aliphatic carbocycles. The average Bonchev–Trinajstić information content (AvgIpc) is 2.55. The highest BCUT2D eigenvalue weighted by molar-refractivity contribution is 6.02. The van der Waals surface area contributed by atoms with Gasteiger partial charge in [-0.25, -0.2) is 4.79 Å². The van der Waals surface area contributed by atoms with Crippen LogP contribution in [0.3, 0.4) is 0 Å². The molecule has 1 N–H and O–H groups in total. The molecule has 0 heterocycles. The number of carbonyl (C=O) groups excluding carboxylic acids is 3. The summed E-state index contributed by atoms with van der Waals surface area (Å²) in [4.78, 5) is 37.2. The number of rotatable bonds is 3. The average molecular weight is 329 g/mol. The third kappa shape index (κ3) is 3.40. The Bertz CT molecular complexity index is 672. The van der Waals surface area contributed by atoms with Crippen LogP contribution in [-0.2, 0) is 14.3 Å². The van der Waals surface area contributed by atoms with Gasteiger partial charge in [-0.3, -0.25) is 9.59 Å². The van der Waals surface area contributed by atoms with E-state index in [1.165, 1.54) is 19.3 Å². The molecule has 1 aliphatic rings. The minimum absolute atomic E-state index is 0.0663. The van der Waals surface area contributed by atoms with Crippen molar-refractivity contribution >= 4 is 17.7 Å². The van der Waals surface area contributed by atoms with Crippen LogP contribution in [0.5, 0.6) is 0 Å². The van der Waals surface area contributed by atoms with Gasteiger partial charge in [-0.2, -0.15) is 0 Å². The highest BCUT2D eigenvalue weighted by atomic mass is 16.5. The quantitative estimate of drug-likeness (QED) is 0.865. The van der Waals surface area contributed by atoms with Crippen molar-refractivity contribution in [3.8, 4) is 0 Å². The number of hydrogen-bond donors (Lipinski definition) is 1. The van der Waals surface area contributed by atoms with Crippen molar-refractivity contribution in [3.63, 3.8) is 0 Å². The minimum atomic E-state index is -1.37. The highest BCUT2D eigenvalue weighted by Gasteiger charge is 2.53. The van der Waals surface area contributed by atoms with Crippen LogP contribution in [0.25, 0.3) is 0 Å². The smallest absolute Gasteiger partial charge is 0.336 e. The molecule has 128 valence electrons. The third-order valence-electron chi connectivity index (χ3n) is 4.41. The fraction of sp³-hybridized carbons (Fsp3) is 0.421. The van der Waals surface area contributed by atoms with Crippen LogP contribution in [0, 0.1) is 11.3 Å². The van der Waals surface area contributed by atoms with Gasteiger partial charge in [0.25, 0.3) is 5.91 Å². The number of carbonyl (C=O) groups is 3. The lowest BCUT2D eigenvalue weighted by Gasteiger charge is -2.45. The molecule has 24 heavy (non-hydrogen) atoms. The van der Waals surface area contributed by atoms with Crippen molar-refractivity contribution < 1.29 is 19.1 Å². The Balaban J connectivity index is 2.49. The van der Waals surface area contributed by atoms with Crippen LogP contribution in [0.1, 0.15) is 37.6 Å². The highest BCUT2D eigenvalue weighted by Crippen LogP contribution is 2.41. The van der Waals surface area contributed by atoms with Crippen LogP contribution in [0.15, 0.2) is 42.5 Å². The Morgan fingerprint density at radius 3 is 2.38 bits per heavy atom. The van der Waals surface area contributed by atoms with Gasteiger partial charge in [0.05, 0.1) is 7.11 Å². The Labute approximate surface area is 142 Å². The molecule has 1 aromatic rings. The molecule has 2 rings (SSSR count). The Hall–Kier alpha value is -2.43. The fourth-order valence-corrected chi connectivity index (χ4v) is 3.17. The van der Waals surface area contributed by atoms with Crippen molar-refractivity contribution in [2.45, 2.75) is 32.7 Å². The van der Waals surface area contributed by atoms with Gasteiger partial charge in [0.1, 0.15) is 0 Å². The number of ether oxygens (including phenoxy) is 1. The molecule has 0 spiro atoms. The van der Waals surface area contributed by atoms with Crippen molar-refractivity contribution in [2.75, 3.05) is 7.11 Å². The number of benzene rings is 1. The van der Waals surface area contributed by atoms with Crippen molar-refractivity contribution in [3.05, 3.63) is 48.0 Å². The van der Waals surface area contributed by atoms with Gasteiger partial charge in [0.2, 0.25) is 0 Å². The number of allylic oxidation sites excluding steroid dienone is 1. The van der Waals surface area contributed by atoms with Gasteiger partial charge < -0.3 is 10.1 Å². The first-order chi connectivity index (χ1) is 11.2. The fourth-order valence-electron chi connectivity index (χ4n) is 3.17. The van der Waals surface area contributed by atoms with Crippen LogP contribution < -0.4 is 5.32 Å². The molecule has 5 heteroatoms. The molecule has 0 saturated carbocycles. The molecule has 1 aromatic carbocycles. The Morgan fingerprint density at radius 2 is 1.83 bits per heavy atom. The lowest BCUT2D eigenvalue weighted by Crippen LogP contribution is -2.63. The standard InChI is InChI=1S/C19H23NO4/c1-18(2,3)15-12-14(21)10-11-19(15,17(23)24-4)20-16(22)13-8-6-5-7-9-13/h5-11,15H,12H2,1-4H3,(H,20,22)/t15-,19-/m0/s1. The zero-order chi connectivity index (χ0) is 18.0. The molecular formula is C19H23NO4. The van der Waals surface area contributed by atoms with E-state index >= 15 is 0 Å². The van der Waals surface area contributed by atoms with Crippen LogP contribution in [-0.4, -0.2) is 30.3 Å². The summed E-state index contributed by atoms with van der Waals surface area (Å²) >= 11 is 0. The first-order valence-electron chi connectivity index (χ1n) is 7.89. The first kappa shape index (κ1) is 17.9. The van der Waals surface area contributed by atoms with E-state index in [1.54, 1.807) is 24.3 Å². The summed E-state index contributed by atoms with van der Waals surface area (Å²) in [6.45, 7) is 5.82. The number of ketones is 1. The molecule has 0 unspecified atom stereocenters. The number of methoxy groups -OCH3 is 1. The van der Waals surface area contributed by atoms with E-state index in [2.05, 4.69) is 5.32 Å². The maximum Gasteiger partial charge on any atom is 0.336 e. The van der Waals surface area contributed by atoms with Crippen LogP contribution in [0.4, 0.5) is 0 Å². The monoisotopic (exact) mass is 329 g/mol. The lowest BCUT2D eigenvalue weighted by molar-refractivity contribution is -0.151. The summed E-state index contributed by atoms with van der Waals surface area (Å²) in [6, 6.07) is 8.65. The van der Waals surface area contributed by atoms with E-state index in [0.29, 0.717) is 5.56 Å². The third-order valence-corrected chi connectivity index (χ3v) is 4.41. The van der Waals surface area contributed by atoms with Crippen molar-refractivity contribution in [2.24, 2.45) is 11.3 Å². The molecule has 0 aliphatic heterocycles. The van der Waals surface area contributed by atoms with Crippen molar-refractivity contribution in [1.82, 2.24) is 5.32 Å². The molecule has 0 radical (unpaired) electrons. The molecule has 0 aromatic heterocycles. The zero-order valence-corrected chi connectivity index (χ0v) is 14.5. The Kier molecular flexibility index (Phi) is 4.92. The predicted molar refractivity (Wildman–Crippen MR) is 90.4 cm³/mol. The number of hydrogen-bond acceptors (Lipinski definition) is 4. The second-order valence-corrected chi connectivity index (χ2v) is 7.10. The first-order valence-corrected chi connectivity index (χ1v) is 7.89. The predicted octanol–water partition coefficient (Wildman–Crippen LogP) is 2.52.